The van der Waals surface area contributed by atoms with Crippen LogP contribution < -0.4 is 19.3 Å². The lowest BCUT2D eigenvalue weighted by molar-refractivity contribution is -0.138. The fraction of sp³-hybridized carbons (Fsp3) is 0.318. The number of benzene rings is 4. The molecule has 4 heterocycles. The van der Waals surface area contributed by atoms with Crippen LogP contribution in [-0.2, 0) is 45.2 Å². The first-order valence-electron chi connectivity index (χ1n) is 20.7. The van der Waals surface area contributed by atoms with Gasteiger partial charge in [-0.3, -0.25) is 0 Å². The molecule has 8 rings (SSSR count). The van der Waals surface area contributed by atoms with Crippen molar-refractivity contribution in [2.45, 2.75) is 35.0 Å². The number of ether oxygens (including phenoxy) is 2. The van der Waals surface area contributed by atoms with Crippen molar-refractivity contribution in [1.82, 2.24) is 18.6 Å². The van der Waals surface area contributed by atoms with E-state index in [9.17, 15) is 43.2 Å². The van der Waals surface area contributed by atoms with E-state index in [1.165, 1.54) is 22.7 Å². The standard InChI is InChI=1S/C23H23ClF3N3O4S2.C21H17Cl3F3N3O2S2/c1-33-18-10-15(11-19(13-18)34-2)9-17-14-35-22(28-17)29-5-7-30(8-6-29)36(31,32)21-12-16(23(25,26)27)3-4-20(21)24;22-16-3-1-13(10-18(16)24)9-15-12-33-20(28-15)29-5-7-30(8-6-29)34(31,32)19-11-14(21(25,26)27)2-4-17(19)23/h3-4,10-14H,5-9H2,1-2H3;1-4,10-12H,5-9H2. The Morgan fingerprint density at radius 1 is 0.529 bits per heavy atom. The monoisotopic (exact) mass is 1130 g/mol. The third-order valence-electron chi connectivity index (χ3n) is 11.0. The Morgan fingerprint density at radius 3 is 1.31 bits per heavy atom. The highest BCUT2D eigenvalue weighted by atomic mass is 35.5. The van der Waals surface area contributed by atoms with Gasteiger partial charge in [0, 0.05) is 82.0 Å². The van der Waals surface area contributed by atoms with Gasteiger partial charge in [-0.15, -0.1) is 22.7 Å². The molecule has 6 aromatic rings. The van der Waals surface area contributed by atoms with E-state index in [2.05, 4.69) is 9.97 Å². The molecule has 2 saturated heterocycles. The minimum Gasteiger partial charge on any atom is -0.497 e. The van der Waals surface area contributed by atoms with Crippen LogP contribution in [0.2, 0.25) is 20.1 Å². The van der Waals surface area contributed by atoms with E-state index in [1.807, 2.05) is 38.8 Å². The average molecular weight is 1130 g/mol. The van der Waals surface area contributed by atoms with Gasteiger partial charge in [0.1, 0.15) is 21.3 Å². The summed E-state index contributed by atoms with van der Waals surface area (Å²) < 4.78 is 144. The van der Waals surface area contributed by atoms with Gasteiger partial charge in [0.05, 0.1) is 56.8 Å². The highest BCUT2D eigenvalue weighted by Gasteiger charge is 2.37. The predicted molar refractivity (Wildman–Crippen MR) is 261 cm³/mol. The SMILES string of the molecule is COc1cc(Cc2csc(N3CCN(S(=O)(=O)c4cc(C(F)(F)F)ccc4Cl)CC3)n2)cc(OC)c1.O=S(=O)(c1cc(C(F)(F)F)ccc1Cl)N1CCN(c2nc(Cc3ccc(Cl)c(Cl)c3)cs2)CC1. The van der Waals surface area contributed by atoms with Gasteiger partial charge in [-0.25, -0.2) is 26.8 Å². The molecule has 0 amide bonds. The van der Waals surface area contributed by atoms with Gasteiger partial charge < -0.3 is 19.3 Å². The highest BCUT2D eigenvalue weighted by molar-refractivity contribution is 7.89. The quantitative estimate of drug-likeness (QED) is 0.109. The lowest BCUT2D eigenvalue weighted by atomic mass is 10.1. The van der Waals surface area contributed by atoms with Crippen molar-refractivity contribution >= 4 is 99.4 Å². The van der Waals surface area contributed by atoms with Crippen LogP contribution in [0.4, 0.5) is 36.6 Å². The Labute approximate surface area is 428 Å². The summed E-state index contributed by atoms with van der Waals surface area (Å²) in [6.07, 6.45) is -8.22. The number of piperazine rings is 2. The van der Waals surface area contributed by atoms with Crippen LogP contribution in [0, 0.1) is 0 Å². The number of alkyl halides is 6. The van der Waals surface area contributed by atoms with E-state index in [0.717, 1.165) is 65.7 Å². The zero-order valence-electron chi connectivity index (χ0n) is 36.7. The number of rotatable bonds is 12. The van der Waals surface area contributed by atoms with Crippen LogP contribution in [0.1, 0.15) is 33.6 Å². The summed E-state index contributed by atoms with van der Waals surface area (Å²) in [4.78, 5) is 12.1. The molecular weight excluding hydrogens is 1090 g/mol. The molecule has 2 aliphatic heterocycles. The van der Waals surface area contributed by atoms with E-state index < -0.39 is 53.3 Å². The number of hydrogen-bond donors (Lipinski definition) is 0. The summed E-state index contributed by atoms with van der Waals surface area (Å²) in [5.41, 5.74) is 1.48. The van der Waals surface area contributed by atoms with Crippen LogP contribution in [0.15, 0.2) is 93.3 Å². The fourth-order valence-corrected chi connectivity index (χ4v) is 13.3. The van der Waals surface area contributed by atoms with Crippen molar-refractivity contribution in [2.75, 3.05) is 76.4 Å². The van der Waals surface area contributed by atoms with Crippen molar-refractivity contribution in [1.29, 1.82) is 0 Å². The summed E-state index contributed by atoms with van der Waals surface area (Å²) in [6, 6.07) is 15.6. The van der Waals surface area contributed by atoms with Gasteiger partial charge in [0.15, 0.2) is 10.3 Å². The Bertz CT molecular complexity index is 3030. The van der Waals surface area contributed by atoms with Crippen molar-refractivity contribution < 1.29 is 52.7 Å². The molecule has 0 N–H and O–H groups in total. The van der Waals surface area contributed by atoms with Crippen LogP contribution >= 0.6 is 69.1 Å². The summed E-state index contributed by atoms with van der Waals surface area (Å²) in [6.45, 7) is 1.75. The molecule has 70 heavy (non-hydrogen) atoms. The van der Waals surface area contributed by atoms with Crippen molar-refractivity contribution in [3.8, 4) is 11.5 Å². The minimum atomic E-state index is -4.67. The molecule has 0 unspecified atom stereocenters. The summed E-state index contributed by atoms with van der Waals surface area (Å²) >= 11 is 26.8. The number of aromatic nitrogens is 2. The molecule has 0 spiro atoms. The number of hydrogen-bond acceptors (Lipinski definition) is 12. The zero-order valence-corrected chi connectivity index (χ0v) is 43.0. The molecule has 12 nitrogen and oxygen atoms in total. The zero-order chi connectivity index (χ0) is 50.8. The van der Waals surface area contributed by atoms with Crippen LogP contribution in [0.25, 0.3) is 0 Å². The van der Waals surface area contributed by atoms with Crippen molar-refractivity contribution in [3.63, 3.8) is 0 Å². The number of anilines is 2. The second kappa shape index (κ2) is 21.9. The molecule has 0 aliphatic carbocycles. The number of halogens is 10. The van der Waals surface area contributed by atoms with E-state index in [1.54, 1.807) is 32.4 Å². The van der Waals surface area contributed by atoms with Crippen LogP contribution in [0.5, 0.6) is 11.5 Å². The molecule has 4 aromatic carbocycles. The van der Waals surface area contributed by atoms with E-state index in [-0.39, 0.29) is 36.2 Å². The first kappa shape index (κ1) is 53.7. The van der Waals surface area contributed by atoms with Crippen molar-refractivity contribution in [3.05, 3.63) is 137 Å². The Morgan fingerprint density at radius 2 is 0.929 bits per heavy atom. The first-order valence-corrected chi connectivity index (χ1v) is 26.9. The maximum Gasteiger partial charge on any atom is 0.416 e. The van der Waals surface area contributed by atoms with Crippen LogP contribution in [0.3, 0.4) is 0 Å². The number of sulfonamides is 2. The normalized spacial score (nSPS) is 15.4. The highest BCUT2D eigenvalue weighted by Crippen LogP contribution is 2.37. The summed E-state index contributed by atoms with van der Waals surface area (Å²) in [5.74, 6) is 1.36. The molecule has 2 fully saturated rings. The number of thiazole rings is 2. The second-order valence-corrected chi connectivity index (χ2v) is 22.7. The lowest BCUT2D eigenvalue weighted by Gasteiger charge is -2.34. The smallest absolute Gasteiger partial charge is 0.416 e. The Balaban J connectivity index is 0.000000207. The maximum absolute atomic E-state index is 13.1. The minimum absolute atomic E-state index is 0.0939. The van der Waals surface area contributed by atoms with E-state index in [0.29, 0.717) is 72.7 Å². The topological polar surface area (TPSA) is 125 Å². The van der Waals surface area contributed by atoms with Gasteiger partial charge in [0.25, 0.3) is 0 Å². The molecular formula is C44H40Cl4F6N6O6S4. The first-order chi connectivity index (χ1) is 33.0. The lowest BCUT2D eigenvalue weighted by Crippen LogP contribution is -2.48. The summed E-state index contributed by atoms with van der Waals surface area (Å²) in [7, 11) is -5.22. The third-order valence-corrected chi connectivity index (χ3v) is 18.4. The Kier molecular flexibility index (Phi) is 16.8. The Hall–Kier alpha value is -4.10. The van der Waals surface area contributed by atoms with Gasteiger partial charge in [0.2, 0.25) is 20.0 Å². The van der Waals surface area contributed by atoms with E-state index >= 15 is 0 Å². The van der Waals surface area contributed by atoms with Gasteiger partial charge in [-0.1, -0.05) is 52.5 Å². The van der Waals surface area contributed by atoms with Crippen molar-refractivity contribution in [2.24, 2.45) is 0 Å². The van der Waals surface area contributed by atoms with E-state index in [4.69, 9.17) is 55.9 Å². The fourth-order valence-electron chi connectivity index (χ4n) is 7.35. The molecule has 2 aromatic heterocycles. The third kappa shape index (κ3) is 12.7. The molecule has 376 valence electrons. The molecule has 26 heteroatoms. The van der Waals surface area contributed by atoms with Gasteiger partial charge >= 0.3 is 12.4 Å². The van der Waals surface area contributed by atoms with Gasteiger partial charge in [-0.05, 0) is 71.8 Å². The predicted octanol–water partition coefficient (Wildman–Crippen LogP) is 11.2. The number of nitrogens with zero attached hydrogens (tertiary/aromatic N) is 6. The largest absolute Gasteiger partial charge is 0.497 e. The van der Waals surface area contributed by atoms with Gasteiger partial charge in [-0.2, -0.15) is 35.0 Å². The molecule has 0 saturated carbocycles. The second-order valence-electron chi connectivity index (χ2n) is 15.6. The summed E-state index contributed by atoms with van der Waals surface area (Å²) in [5, 5.41) is 5.79. The molecule has 0 atom stereocenters. The molecule has 0 bridgehead atoms. The molecule has 2 aliphatic rings. The van der Waals surface area contributed by atoms with Crippen LogP contribution in [-0.4, -0.2) is 102 Å². The average Bonchev–Trinajstić information content (AvgIpc) is 4.00. The molecule has 0 radical (unpaired) electrons. The maximum atomic E-state index is 13.1. The number of methoxy groups -OCH3 is 2.